The summed E-state index contributed by atoms with van der Waals surface area (Å²) in [5, 5.41) is 9.06. The summed E-state index contributed by atoms with van der Waals surface area (Å²) >= 11 is 5.82. The minimum Gasteiger partial charge on any atom is -0.465 e. The fourth-order valence-corrected chi connectivity index (χ4v) is 2.15. The summed E-state index contributed by atoms with van der Waals surface area (Å²) in [5.41, 5.74) is 2.04. The van der Waals surface area contributed by atoms with E-state index in [-0.39, 0.29) is 16.6 Å². The number of aromatic nitrogens is 2. The zero-order chi connectivity index (χ0) is 15.7. The van der Waals surface area contributed by atoms with Gasteiger partial charge in [0.15, 0.2) is 5.58 Å². The van der Waals surface area contributed by atoms with Gasteiger partial charge in [-0.3, -0.25) is 0 Å². The van der Waals surface area contributed by atoms with Crippen LogP contribution < -0.4 is 0 Å². The van der Waals surface area contributed by atoms with Crippen molar-refractivity contribution in [2.24, 2.45) is 0 Å². The molecule has 0 unspecified atom stereocenters. The Morgan fingerprint density at radius 2 is 2.23 bits per heavy atom. The number of fused-ring (bicyclic) bond motifs is 1. The third kappa shape index (κ3) is 2.38. The third-order valence-electron chi connectivity index (χ3n) is 3.02. The van der Waals surface area contributed by atoms with E-state index in [1.807, 2.05) is 6.07 Å². The Hall–Kier alpha value is -2.91. The van der Waals surface area contributed by atoms with Crippen molar-refractivity contribution in [3.05, 3.63) is 46.7 Å². The molecule has 2 heterocycles. The summed E-state index contributed by atoms with van der Waals surface area (Å²) in [6.45, 7) is 0. The molecule has 0 saturated carbocycles. The van der Waals surface area contributed by atoms with Crippen molar-refractivity contribution in [2.75, 3.05) is 7.11 Å². The Morgan fingerprint density at radius 1 is 1.41 bits per heavy atom. The maximum absolute atomic E-state index is 11.9. The van der Waals surface area contributed by atoms with Crippen LogP contribution in [0.15, 0.2) is 34.9 Å². The molecule has 1 aromatic carbocycles. The molecule has 0 fully saturated rings. The summed E-state index contributed by atoms with van der Waals surface area (Å²) in [7, 11) is 1.27. The second kappa shape index (κ2) is 5.47. The number of rotatable bonds is 2. The summed E-state index contributed by atoms with van der Waals surface area (Å²) in [4.78, 5) is 20.1. The van der Waals surface area contributed by atoms with Gasteiger partial charge in [-0.05, 0) is 18.2 Å². The van der Waals surface area contributed by atoms with E-state index in [1.54, 1.807) is 18.2 Å². The molecule has 22 heavy (non-hydrogen) atoms. The molecule has 0 bridgehead atoms. The normalized spacial score (nSPS) is 10.4. The second-order valence-electron chi connectivity index (χ2n) is 4.36. The van der Waals surface area contributed by atoms with Gasteiger partial charge < -0.3 is 9.15 Å². The number of nitriles is 1. The van der Waals surface area contributed by atoms with E-state index in [0.29, 0.717) is 22.2 Å². The minimum absolute atomic E-state index is 0.159. The number of halogens is 1. The molecular weight excluding hydrogens is 306 g/mol. The second-order valence-corrected chi connectivity index (χ2v) is 4.74. The predicted octanol–water partition coefficient (Wildman–Crippen LogP) is 3.20. The van der Waals surface area contributed by atoms with Gasteiger partial charge in [-0.15, -0.1) is 0 Å². The molecule has 3 rings (SSSR count). The van der Waals surface area contributed by atoms with Gasteiger partial charge in [0.25, 0.3) is 0 Å². The highest BCUT2D eigenvalue weighted by molar-refractivity contribution is 6.29. The number of benzene rings is 1. The summed E-state index contributed by atoms with van der Waals surface area (Å²) in [6.07, 6.45) is 1.39. The quantitative estimate of drug-likeness (QED) is 0.533. The summed E-state index contributed by atoms with van der Waals surface area (Å²) < 4.78 is 10.3. The number of nitrogens with zero attached hydrogens (tertiary/aromatic N) is 3. The van der Waals surface area contributed by atoms with E-state index in [1.165, 1.54) is 19.4 Å². The van der Waals surface area contributed by atoms with Gasteiger partial charge >= 0.3 is 5.97 Å². The number of esters is 1. The lowest BCUT2D eigenvalue weighted by atomic mass is 10.1. The molecule has 0 N–H and O–H groups in total. The highest BCUT2D eigenvalue weighted by Crippen LogP contribution is 2.28. The van der Waals surface area contributed by atoms with Gasteiger partial charge in [-0.2, -0.15) is 5.26 Å². The fraction of sp³-hybridized carbons (Fsp3) is 0.0667. The number of methoxy groups -OCH3 is 1. The number of carbonyl (C=O) groups excluding carboxylic acids is 1. The molecule has 6 nitrogen and oxygen atoms in total. The molecule has 2 aromatic heterocycles. The molecular formula is C15H8ClN3O3. The number of hydrogen-bond acceptors (Lipinski definition) is 6. The standard InChI is InChI=1S/C15H8ClN3O3/c1-21-15(20)9-5-13(16)18-7-10(9)14-19-11-3-2-8(6-17)4-12(11)22-14/h2-5,7H,1H3. The maximum atomic E-state index is 11.9. The molecule has 7 heteroatoms. The van der Waals surface area contributed by atoms with E-state index in [2.05, 4.69) is 9.97 Å². The highest BCUT2D eigenvalue weighted by Gasteiger charge is 2.19. The lowest BCUT2D eigenvalue weighted by molar-refractivity contribution is 0.0601. The summed E-state index contributed by atoms with van der Waals surface area (Å²) in [5.74, 6) is -0.367. The van der Waals surface area contributed by atoms with Crippen LogP contribution in [0.4, 0.5) is 0 Å². The van der Waals surface area contributed by atoms with Crippen LogP contribution >= 0.6 is 11.6 Å². The molecule has 0 saturated heterocycles. The van der Waals surface area contributed by atoms with E-state index in [4.69, 9.17) is 26.0 Å². The minimum atomic E-state index is -0.570. The number of pyridine rings is 1. The molecule has 0 aliphatic rings. The number of ether oxygens (including phenoxy) is 1. The van der Waals surface area contributed by atoms with Crippen LogP contribution in [-0.4, -0.2) is 23.0 Å². The number of hydrogen-bond donors (Lipinski definition) is 0. The average molecular weight is 314 g/mol. The van der Waals surface area contributed by atoms with Gasteiger partial charge in [-0.1, -0.05) is 11.6 Å². The van der Waals surface area contributed by atoms with Crippen LogP contribution in [0.25, 0.3) is 22.6 Å². The Bertz CT molecular complexity index is 927. The van der Waals surface area contributed by atoms with E-state index >= 15 is 0 Å². The third-order valence-corrected chi connectivity index (χ3v) is 3.23. The first-order chi connectivity index (χ1) is 10.6. The molecule has 0 radical (unpaired) electrons. The zero-order valence-electron chi connectivity index (χ0n) is 11.3. The van der Waals surface area contributed by atoms with Crippen LogP contribution in [0.1, 0.15) is 15.9 Å². The molecule has 0 aliphatic carbocycles. The first-order valence-corrected chi connectivity index (χ1v) is 6.55. The SMILES string of the molecule is COC(=O)c1cc(Cl)ncc1-c1nc2ccc(C#N)cc2o1. The Morgan fingerprint density at radius 3 is 2.95 bits per heavy atom. The van der Waals surface area contributed by atoms with Crippen molar-refractivity contribution in [1.82, 2.24) is 9.97 Å². The fourth-order valence-electron chi connectivity index (χ4n) is 1.99. The molecule has 0 atom stereocenters. The number of carbonyl (C=O) groups is 1. The topological polar surface area (TPSA) is 89.0 Å². The zero-order valence-corrected chi connectivity index (χ0v) is 12.1. The van der Waals surface area contributed by atoms with Gasteiger partial charge in [0.05, 0.1) is 29.9 Å². The Kier molecular flexibility index (Phi) is 3.49. The van der Waals surface area contributed by atoms with Crippen LogP contribution in [0.3, 0.4) is 0 Å². The van der Waals surface area contributed by atoms with Gasteiger partial charge in [0.2, 0.25) is 5.89 Å². The lowest BCUT2D eigenvalue weighted by Gasteiger charge is -2.04. The van der Waals surface area contributed by atoms with Crippen molar-refractivity contribution < 1.29 is 13.9 Å². The van der Waals surface area contributed by atoms with Crippen molar-refractivity contribution in [3.8, 4) is 17.5 Å². The van der Waals surface area contributed by atoms with Crippen molar-refractivity contribution >= 4 is 28.7 Å². The summed E-state index contributed by atoms with van der Waals surface area (Å²) in [6, 6.07) is 8.29. The van der Waals surface area contributed by atoms with Crippen LogP contribution in [0.2, 0.25) is 5.15 Å². The van der Waals surface area contributed by atoms with Gasteiger partial charge in [0, 0.05) is 12.3 Å². The van der Waals surface area contributed by atoms with E-state index < -0.39 is 5.97 Å². The van der Waals surface area contributed by atoms with Crippen molar-refractivity contribution in [2.45, 2.75) is 0 Å². The first-order valence-electron chi connectivity index (χ1n) is 6.17. The molecule has 0 aliphatic heterocycles. The lowest BCUT2D eigenvalue weighted by Crippen LogP contribution is -2.04. The van der Waals surface area contributed by atoms with E-state index in [0.717, 1.165) is 0 Å². The molecule has 0 spiro atoms. The smallest absolute Gasteiger partial charge is 0.338 e. The van der Waals surface area contributed by atoms with Crippen LogP contribution in [-0.2, 0) is 4.74 Å². The Balaban J connectivity index is 2.19. The first kappa shape index (κ1) is 14.0. The molecule has 108 valence electrons. The van der Waals surface area contributed by atoms with Crippen LogP contribution in [0, 0.1) is 11.3 Å². The number of oxazole rings is 1. The monoisotopic (exact) mass is 313 g/mol. The van der Waals surface area contributed by atoms with E-state index in [9.17, 15) is 4.79 Å². The Labute approximate surface area is 129 Å². The molecule has 3 aromatic rings. The largest absolute Gasteiger partial charge is 0.465 e. The van der Waals surface area contributed by atoms with Crippen molar-refractivity contribution in [3.63, 3.8) is 0 Å². The van der Waals surface area contributed by atoms with Gasteiger partial charge in [-0.25, -0.2) is 14.8 Å². The maximum Gasteiger partial charge on any atom is 0.338 e. The highest BCUT2D eigenvalue weighted by atomic mass is 35.5. The van der Waals surface area contributed by atoms with Crippen LogP contribution in [0.5, 0.6) is 0 Å². The van der Waals surface area contributed by atoms with Crippen molar-refractivity contribution in [1.29, 1.82) is 5.26 Å². The predicted molar refractivity (Wildman–Crippen MR) is 78.3 cm³/mol. The molecule has 0 amide bonds. The van der Waals surface area contributed by atoms with Gasteiger partial charge in [0.1, 0.15) is 10.7 Å². The average Bonchev–Trinajstić information content (AvgIpc) is 2.96.